The normalized spacial score (nSPS) is 17.4. The zero-order chi connectivity index (χ0) is 11.1. The molecule has 0 saturated heterocycles. The zero-order valence-corrected chi connectivity index (χ0v) is 10.4. The topological polar surface area (TPSA) is 15.8 Å². The first kappa shape index (κ1) is 10.5. The molecule has 1 fully saturated rings. The first-order chi connectivity index (χ1) is 7.75. The Kier molecular flexibility index (Phi) is 2.61. The molecule has 1 aromatic carbocycles. The van der Waals surface area contributed by atoms with Crippen molar-refractivity contribution in [2.45, 2.75) is 31.6 Å². The van der Waals surface area contributed by atoms with E-state index in [0.29, 0.717) is 10.9 Å². The van der Waals surface area contributed by atoms with Crippen molar-refractivity contribution in [2.24, 2.45) is 0 Å². The van der Waals surface area contributed by atoms with Crippen LogP contribution in [0, 0.1) is 0 Å². The summed E-state index contributed by atoms with van der Waals surface area (Å²) in [5, 5.41) is 2.63. The molecule has 1 nitrogen and oxygen atoms in total. The fraction of sp³-hybridized carbons (Fsp3) is 0.385. The largest absolute Gasteiger partial charge is 0.360 e. The standard InChI is InChI=1S/C13H13Cl2N/c14-9-5-10-11(8-3-1-2-4-8)7-16-13(10)12(15)6-9/h5-8,16H,1-4H2. The number of nitrogens with one attached hydrogen (secondary N) is 1. The SMILES string of the molecule is Clc1cc(Cl)c2[nH]cc(C3CCCC3)c2c1. The molecule has 16 heavy (non-hydrogen) atoms. The lowest BCUT2D eigenvalue weighted by molar-refractivity contribution is 0.729. The Bertz CT molecular complexity index is 524. The van der Waals surface area contributed by atoms with Crippen LogP contribution < -0.4 is 0 Å². The second-order valence-electron chi connectivity index (χ2n) is 4.54. The van der Waals surface area contributed by atoms with Gasteiger partial charge in [0.2, 0.25) is 0 Å². The zero-order valence-electron chi connectivity index (χ0n) is 8.89. The first-order valence-electron chi connectivity index (χ1n) is 5.72. The summed E-state index contributed by atoms with van der Waals surface area (Å²) in [6.45, 7) is 0. The molecular weight excluding hydrogens is 241 g/mol. The molecule has 3 heteroatoms. The van der Waals surface area contributed by atoms with Crippen molar-refractivity contribution in [3.63, 3.8) is 0 Å². The highest BCUT2D eigenvalue weighted by molar-refractivity contribution is 6.38. The van der Waals surface area contributed by atoms with Gasteiger partial charge in [0, 0.05) is 16.6 Å². The Morgan fingerprint density at radius 1 is 1.12 bits per heavy atom. The Labute approximate surface area is 105 Å². The Balaban J connectivity index is 2.18. The Morgan fingerprint density at radius 2 is 1.88 bits per heavy atom. The highest BCUT2D eigenvalue weighted by Crippen LogP contribution is 2.39. The molecule has 0 spiro atoms. The molecule has 0 amide bonds. The first-order valence-corrected chi connectivity index (χ1v) is 6.47. The summed E-state index contributed by atoms with van der Waals surface area (Å²) >= 11 is 12.2. The molecule has 1 N–H and O–H groups in total. The molecular formula is C13H13Cl2N. The minimum absolute atomic E-state index is 0.684. The smallest absolute Gasteiger partial charge is 0.0661 e. The van der Waals surface area contributed by atoms with Gasteiger partial charge in [-0.3, -0.25) is 0 Å². The number of fused-ring (bicyclic) bond motifs is 1. The molecule has 0 radical (unpaired) electrons. The molecule has 1 heterocycles. The fourth-order valence-electron chi connectivity index (χ4n) is 2.75. The third-order valence-corrected chi connectivity index (χ3v) is 4.05. The second-order valence-corrected chi connectivity index (χ2v) is 5.38. The average Bonchev–Trinajstić information content (AvgIpc) is 2.83. The van der Waals surface area contributed by atoms with Crippen LogP contribution in [-0.4, -0.2) is 4.98 Å². The molecule has 0 bridgehead atoms. The number of H-pyrrole nitrogens is 1. The predicted octanol–water partition coefficient (Wildman–Crippen LogP) is 5.13. The Hall–Kier alpha value is -0.660. The summed E-state index contributed by atoms with van der Waals surface area (Å²) in [6.07, 6.45) is 7.36. The van der Waals surface area contributed by atoms with Crippen LogP contribution in [0.2, 0.25) is 10.0 Å². The third kappa shape index (κ3) is 1.63. The van der Waals surface area contributed by atoms with Crippen LogP contribution in [0.5, 0.6) is 0 Å². The molecule has 0 unspecified atom stereocenters. The van der Waals surface area contributed by atoms with Gasteiger partial charge in [-0.15, -0.1) is 0 Å². The lowest BCUT2D eigenvalue weighted by atomic mass is 9.97. The number of benzene rings is 1. The van der Waals surface area contributed by atoms with E-state index < -0.39 is 0 Å². The molecule has 2 aromatic rings. The quantitative estimate of drug-likeness (QED) is 0.725. The lowest BCUT2D eigenvalue weighted by Crippen LogP contribution is -1.89. The number of aromatic nitrogens is 1. The molecule has 1 saturated carbocycles. The number of rotatable bonds is 1. The minimum Gasteiger partial charge on any atom is -0.360 e. The number of hydrogen-bond acceptors (Lipinski definition) is 0. The average molecular weight is 254 g/mol. The van der Waals surface area contributed by atoms with Crippen LogP contribution in [0.25, 0.3) is 10.9 Å². The van der Waals surface area contributed by atoms with E-state index in [1.165, 1.54) is 36.6 Å². The van der Waals surface area contributed by atoms with E-state index in [2.05, 4.69) is 11.2 Å². The van der Waals surface area contributed by atoms with Crippen molar-refractivity contribution in [1.82, 2.24) is 4.98 Å². The molecule has 1 aliphatic rings. The van der Waals surface area contributed by atoms with Gasteiger partial charge in [0.1, 0.15) is 0 Å². The van der Waals surface area contributed by atoms with Crippen LogP contribution >= 0.6 is 23.2 Å². The van der Waals surface area contributed by atoms with E-state index in [1.807, 2.05) is 6.07 Å². The van der Waals surface area contributed by atoms with Crippen molar-refractivity contribution in [3.05, 3.63) is 33.9 Å². The summed E-state index contributed by atoms with van der Waals surface area (Å²) in [5.41, 5.74) is 2.41. The van der Waals surface area contributed by atoms with Gasteiger partial charge in [-0.25, -0.2) is 0 Å². The van der Waals surface area contributed by atoms with Gasteiger partial charge in [-0.1, -0.05) is 36.0 Å². The van der Waals surface area contributed by atoms with E-state index in [1.54, 1.807) is 6.07 Å². The maximum atomic E-state index is 6.17. The summed E-state index contributed by atoms with van der Waals surface area (Å²) in [5.74, 6) is 0.684. The van der Waals surface area contributed by atoms with Gasteiger partial charge in [0.25, 0.3) is 0 Å². The van der Waals surface area contributed by atoms with Crippen LogP contribution in [0.4, 0.5) is 0 Å². The Morgan fingerprint density at radius 3 is 2.62 bits per heavy atom. The maximum Gasteiger partial charge on any atom is 0.0661 e. The summed E-state index contributed by atoms with van der Waals surface area (Å²) in [4.78, 5) is 3.27. The summed E-state index contributed by atoms with van der Waals surface area (Å²) < 4.78 is 0. The van der Waals surface area contributed by atoms with Crippen molar-refractivity contribution >= 4 is 34.1 Å². The number of hydrogen-bond donors (Lipinski definition) is 1. The van der Waals surface area contributed by atoms with Crippen LogP contribution in [0.3, 0.4) is 0 Å². The summed E-state index contributed by atoms with van der Waals surface area (Å²) in [7, 11) is 0. The van der Waals surface area contributed by atoms with Gasteiger partial charge in [-0.2, -0.15) is 0 Å². The second kappa shape index (κ2) is 3.97. The number of halogens is 2. The van der Waals surface area contributed by atoms with Gasteiger partial charge < -0.3 is 4.98 Å². The molecule has 3 rings (SSSR count). The minimum atomic E-state index is 0.684. The monoisotopic (exact) mass is 253 g/mol. The highest BCUT2D eigenvalue weighted by atomic mass is 35.5. The van der Waals surface area contributed by atoms with Gasteiger partial charge in [0.15, 0.2) is 0 Å². The van der Waals surface area contributed by atoms with Crippen LogP contribution in [0.1, 0.15) is 37.2 Å². The van der Waals surface area contributed by atoms with E-state index in [4.69, 9.17) is 23.2 Å². The van der Waals surface area contributed by atoms with E-state index in [9.17, 15) is 0 Å². The van der Waals surface area contributed by atoms with Gasteiger partial charge in [0.05, 0.1) is 10.5 Å². The molecule has 84 valence electrons. The van der Waals surface area contributed by atoms with E-state index in [0.717, 1.165) is 10.5 Å². The van der Waals surface area contributed by atoms with Crippen LogP contribution in [0.15, 0.2) is 18.3 Å². The third-order valence-electron chi connectivity index (χ3n) is 3.53. The molecule has 1 aromatic heterocycles. The fourth-order valence-corrected chi connectivity index (χ4v) is 3.30. The lowest BCUT2D eigenvalue weighted by Gasteiger charge is -2.07. The molecule has 0 atom stereocenters. The molecule has 0 aliphatic heterocycles. The van der Waals surface area contributed by atoms with E-state index in [-0.39, 0.29) is 0 Å². The highest BCUT2D eigenvalue weighted by Gasteiger charge is 2.20. The van der Waals surface area contributed by atoms with Crippen molar-refractivity contribution in [1.29, 1.82) is 0 Å². The van der Waals surface area contributed by atoms with Crippen molar-refractivity contribution in [2.75, 3.05) is 0 Å². The van der Waals surface area contributed by atoms with Gasteiger partial charge >= 0.3 is 0 Å². The molecule has 1 aliphatic carbocycles. The summed E-state index contributed by atoms with van der Waals surface area (Å²) in [6, 6.07) is 3.81. The predicted molar refractivity (Wildman–Crippen MR) is 69.5 cm³/mol. The maximum absolute atomic E-state index is 6.17. The van der Waals surface area contributed by atoms with Gasteiger partial charge in [-0.05, 0) is 36.5 Å². The van der Waals surface area contributed by atoms with Crippen molar-refractivity contribution in [3.8, 4) is 0 Å². The van der Waals surface area contributed by atoms with Crippen molar-refractivity contribution < 1.29 is 0 Å². The van der Waals surface area contributed by atoms with E-state index >= 15 is 0 Å². The van der Waals surface area contributed by atoms with Crippen LogP contribution in [-0.2, 0) is 0 Å². The number of aromatic amines is 1.